The Kier molecular flexibility index (Phi) is 4.70. The van der Waals surface area contributed by atoms with Gasteiger partial charge in [0, 0.05) is 18.5 Å². The summed E-state index contributed by atoms with van der Waals surface area (Å²) in [7, 11) is 3.44. The van der Waals surface area contributed by atoms with Crippen molar-refractivity contribution in [2.24, 2.45) is 0 Å². The minimum absolute atomic E-state index is 0.187. The molecule has 5 nitrogen and oxygen atoms in total. The predicted octanol–water partition coefficient (Wildman–Crippen LogP) is 2.48. The molecule has 6 heteroatoms. The summed E-state index contributed by atoms with van der Waals surface area (Å²) in [5.74, 6) is -0.603. The second kappa shape index (κ2) is 6.49. The third-order valence-corrected chi connectivity index (χ3v) is 3.50. The number of carbonyl (C=O) groups is 1. The van der Waals surface area contributed by atoms with Crippen LogP contribution in [0.25, 0.3) is 0 Å². The second-order valence-corrected chi connectivity index (χ2v) is 5.21. The number of aromatic carboxylic acids is 1. The lowest BCUT2D eigenvalue weighted by molar-refractivity contribution is 0.0693. The van der Waals surface area contributed by atoms with Crippen molar-refractivity contribution in [1.29, 1.82) is 0 Å². The summed E-state index contributed by atoms with van der Waals surface area (Å²) < 4.78 is 5.05. The maximum atomic E-state index is 11.2. The number of ether oxygens (including phenoxy) is 1. The summed E-state index contributed by atoms with van der Waals surface area (Å²) in [5.41, 5.74) is 3.94. The zero-order valence-electron chi connectivity index (χ0n) is 11.4. The van der Waals surface area contributed by atoms with E-state index in [4.69, 9.17) is 9.84 Å². The zero-order valence-corrected chi connectivity index (χ0v) is 12.2. The maximum absolute atomic E-state index is 11.2. The van der Waals surface area contributed by atoms with Crippen LogP contribution < -0.4 is 4.74 Å². The van der Waals surface area contributed by atoms with Gasteiger partial charge in [0.25, 0.3) is 0 Å². The summed E-state index contributed by atoms with van der Waals surface area (Å²) in [6.45, 7) is 1.39. The highest BCUT2D eigenvalue weighted by Crippen LogP contribution is 2.21. The largest absolute Gasteiger partial charge is 0.496 e. The summed E-state index contributed by atoms with van der Waals surface area (Å²) >= 11 is 1.57. The van der Waals surface area contributed by atoms with Crippen LogP contribution in [0.2, 0.25) is 0 Å². The molecule has 1 aromatic carbocycles. The van der Waals surface area contributed by atoms with E-state index in [2.05, 4.69) is 9.88 Å². The van der Waals surface area contributed by atoms with Gasteiger partial charge in [-0.05, 0) is 24.7 Å². The number of nitrogens with zero attached hydrogens (tertiary/aromatic N) is 2. The molecule has 0 aliphatic heterocycles. The van der Waals surface area contributed by atoms with E-state index in [9.17, 15) is 4.79 Å². The monoisotopic (exact) mass is 292 g/mol. The van der Waals surface area contributed by atoms with Crippen LogP contribution in [0.4, 0.5) is 0 Å². The molecule has 0 radical (unpaired) electrons. The van der Waals surface area contributed by atoms with Crippen LogP contribution in [-0.4, -0.2) is 35.1 Å². The molecule has 0 saturated carbocycles. The highest BCUT2D eigenvalue weighted by Gasteiger charge is 2.12. The summed E-state index contributed by atoms with van der Waals surface area (Å²) in [5, 5.41) is 11.2. The SMILES string of the molecule is COc1ccc(CN(C)Cc2cscn2)cc1C(=O)O. The molecule has 106 valence electrons. The second-order valence-electron chi connectivity index (χ2n) is 4.49. The molecule has 1 N–H and O–H groups in total. The summed E-state index contributed by atoms with van der Waals surface area (Å²) in [4.78, 5) is 17.5. The first-order valence-electron chi connectivity index (χ1n) is 6.06. The van der Waals surface area contributed by atoms with Crippen molar-refractivity contribution in [3.8, 4) is 5.75 Å². The van der Waals surface area contributed by atoms with Gasteiger partial charge >= 0.3 is 5.97 Å². The van der Waals surface area contributed by atoms with E-state index in [-0.39, 0.29) is 5.56 Å². The number of benzene rings is 1. The van der Waals surface area contributed by atoms with Crippen LogP contribution in [0, 0.1) is 0 Å². The van der Waals surface area contributed by atoms with Gasteiger partial charge in [-0.2, -0.15) is 0 Å². The van der Waals surface area contributed by atoms with E-state index in [1.807, 2.05) is 18.5 Å². The normalized spacial score (nSPS) is 10.8. The van der Waals surface area contributed by atoms with Crippen molar-refractivity contribution in [3.05, 3.63) is 45.9 Å². The standard InChI is InChI=1S/C14H16N2O3S/c1-16(7-11-8-20-9-15-11)6-10-3-4-13(19-2)12(5-10)14(17)18/h3-5,8-9H,6-7H2,1-2H3,(H,17,18). The lowest BCUT2D eigenvalue weighted by atomic mass is 10.1. The molecule has 2 rings (SSSR count). The highest BCUT2D eigenvalue weighted by atomic mass is 32.1. The third-order valence-electron chi connectivity index (χ3n) is 2.86. The van der Waals surface area contributed by atoms with E-state index < -0.39 is 5.97 Å². The van der Waals surface area contributed by atoms with Gasteiger partial charge in [0.05, 0.1) is 18.3 Å². The Morgan fingerprint density at radius 3 is 2.85 bits per heavy atom. The Labute approximate surface area is 121 Å². The Balaban J connectivity index is 2.09. The Bertz CT molecular complexity index is 584. The molecule has 0 aliphatic rings. The molecule has 0 fully saturated rings. The van der Waals surface area contributed by atoms with Gasteiger partial charge in [-0.15, -0.1) is 11.3 Å². The quantitative estimate of drug-likeness (QED) is 0.886. The molecule has 0 bridgehead atoms. The summed E-state index contributed by atoms with van der Waals surface area (Å²) in [6, 6.07) is 5.22. The van der Waals surface area contributed by atoms with Gasteiger partial charge in [-0.3, -0.25) is 4.90 Å². The first-order chi connectivity index (χ1) is 9.60. The van der Waals surface area contributed by atoms with Crippen molar-refractivity contribution >= 4 is 17.3 Å². The number of carboxylic acid groups (broad SMARTS) is 1. The fourth-order valence-electron chi connectivity index (χ4n) is 1.98. The van der Waals surface area contributed by atoms with Crippen LogP contribution in [0.1, 0.15) is 21.6 Å². The Morgan fingerprint density at radius 1 is 1.45 bits per heavy atom. The van der Waals surface area contributed by atoms with Crippen molar-refractivity contribution in [1.82, 2.24) is 9.88 Å². The minimum Gasteiger partial charge on any atom is -0.496 e. The van der Waals surface area contributed by atoms with Crippen LogP contribution in [0.15, 0.2) is 29.1 Å². The number of rotatable bonds is 6. The van der Waals surface area contributed by atoms with Crippen molar-refractivity contribution in [2.75, 3.05) is 14.2 Å². The average Bonchev–Trinajstić information content (AvgIpc) is 2.91. The first kappa shape index (κ1) is 14.5. The first-order valence-corrected chi connectivity index (χ1v) is 7.00. The molecule has 0 amide bonds. The number of carboxylic acids is 1. The maximum Gasteiger partial charge on any atom is 0.339 e. The molecule has 20 heavy (non-hydrogen) atoms. The van der Waals surface area contributed by atoms with E-state index >= 15 is 0 Å². The molecule has 1 aromatic heterocycles. The zero-order chi connectivity index (χ0) is 14.5. The van der Waals surface area contributed by atoms with E-state index in [1.54, 1.807) is 29.0 Å². The predicted molar refractivity (Wildman–Crippen MR) is 77.2 cm³/mol. The molecule has 1 heterocycles. The van der Waals surface area contributed by atoms with Crippen LogP contribution >= 0.6 is 11.3 Å². The number of hydrogen-bond acceptors (Lipinski definition) is 5. The highest BCUT2D eigenvalue weighted by molar-refractivity contribution is 7.07. The van der Waals surface area contributed by atoms with Crippen LogP contribution in [0.3, 0.4) is 0 Å². The molecule has 0 atom stereocenters. The summed E-state index contributed by atoms with van der Waals surface area (Å²) in [6.07, 6.45) is 0. The Hall–Kier alpha value is -1.92. The average molecular weight is 292 g/mol. The van der Waals surface area contributed by atoms with E-state index in [0.717, 1.165) is 17.8 Å². The molecule has 0 unspecified atom stereocenters. The molecule has 0 aliphatic carbocycles. The van der Waals surface area contributed by atoms with Gasteiger partial charge in [-0.25, -0.2) is 9.78 Å². The molecule has 2 aromatic rings. The van der Waals surface area contributed by atoms with Gasteiger partial charge < -0.3 is 9.84 Å². The number of aromatic nitrogens is 1. The fraction of sp³-hybridized carbons (Fsp3) is 0.286. The van der Waals surface area contributed by atoms with Gasteiger partial charge in [0.1, 0.15) is 11.3 Å². The van der Waals surface area contributed by atoms with Crippen molar-refractivity contribution in [2.45, 2.75) is 13.1 Å². The Morgan fingerprint density at radius 2 is 2.25 bits per heavy atom. The van der Waals surface area contributed by atoms with E-state index in [0.29, 0.717) is 12.3 Å². The third kappa shape index (κ3) is 3.55. The molecule has 0 spiro atoms. The molecule has 0 saturated heterocycles. The number of hydrogen-bond donors (Lipinski definition) is 1. The smallest absolute Gasteiger partial charge is 0.339 e. The lowest BCUT2D eigenvalue weighted by Gasteiger charge is -2.16. The van der Waals surface area contributed by atoms with Gasteiger partial charge in [-0.1, -0.05) is 6.07 Å². The molecular formula is C14H16N2O3S. The topological polar surface area (TPSA) is 62.7 Å². The lowest BCUT2D eigenvalue weighted by Crippen LogP contribution is -2.17. The van der Waals surface area contributed by atoms with Gasteiger partial charge in [0.15, 0.2) is 0 Å². The fourth-order valence-corrected chi connectivity index (χ4v) is 2.53. The van der Waals surface area contributed by atoms with Crippen molar-refractivity contribution < 1.29 is 14.6 Å². The number of methoxy groups -OCH3 is 1. The van der Waals surface area contributed by atoms with E-state index in [1.165, 1.54) is 7.11 Å². The minimum atomic E-state index is -0.981. The van der Waals surface area contributed by atoms with Crippen LogP contribution in [-0.2, 0) is 13.1 Å². The number of thiazole rings is 1. The van der Waals surface area contributed by atoms with Crippen molar-refractivity contribution in [3.63, 3.8) is 0 Å². The van der Waals surface area contributed by atoms with Crippen LogP contribution in [0.5, 0.6) is 5.75 Å². The molecular weight excluding hydrogens is 276 g/mol. The van der Waals surface area contributed by atoms with Gasteiger partial charge in [0.2, 0.25) is 0 Å².